The fourth-order valence-corrected chi connectivity index (χ4v) is 2.36. The number of nitrogens with two attached hydrogens (primary N) is 1. The summed E-state index contributed by atoms with van der Waals surface area (Å²) in [5.41, 5.74) is 8.30. The maximum Gasteiger partial charge on any atom is 0.194 e. The predicted molar refractivity (Wildman–Crippen MR) is 75.3 cm³/mol. The lowest BCUT2D eigenvalue weighted by molar-refractivity contribution is 0.103. The third-order valence-corrected chi connectivity index (χ3v) is 3.31. The molecular weight excluding hydrogens is 262 g/mol. The van der Waals surface area contributed by atoms with Crippen LogP contribution in [-0.2, 0) is 0 Å². The van der Waals surface area contributed by atoms with E-state index >= 15 is 0 Å². The molecule has 4 N–H and O–H groups in total. The number of carbonyl (C=O) groups excluding carboxylic acids is 1. The minimum Gasteiger partial charge on any atom is -0.399 e. The second-order valence-corrected chi connectivity index (χ2v) is 4.84. The standard InChI is InChI=1S/C14H12ClN3O/c15-9-5-11-12(7-18-14(11)17-6-9)13(19)8-2-1-3-10(16)4-8/h1-7,14,17-18H,16H2. The van der Waals surface area contributed by atoms with Gasteiger partial charge < -0.3 is 16.4 Å². The molecule has 0 saturated carbocycles. The zero-order valence-electron chi connectivity index (χ0n) is 9.98. The van der Waals surface area contributed by atoms with Crippen molar-refractivity contribution in [1.82, 2.24) is 10.6 Å². The second kappa shape index (κ2) is 4.48. The van der Waals surface area contributed by atoms with Crippen LogP contribution in [0.3, 0.4) is 0 Å². The molecule has 19 heavy (non-hydrogen) atoms. The Balaban J connectivity index is 1.95. The summed E-state index contributed by atoms with van der Waals surface area (Å²) in [6, 6.07) is 6.94. The first-order valence-corrected chi connectivity index (χ1v) is 6.23. The number of dihydropyridines is 1. The SMILES string of the molecule is Nc1cccc(C(=O)C2=CNC3NC=C(Cl)C=C23)c1. The van der Waals surface area contributed by atoms with Crippen molar-refractivity contribution in [3.05, 3.63) is 64.5 Å². The van der Waals surface area contributed by atoms with Gasteiger partial charge in [-0.3, -0.25) is 4.79 Å². The summed E-state index contributed by atoms with van der Waals surface area (Å²) in [6.07, 6.45) is 5.10. The molecule has 0 radical (unpaired) electrons. The number of nitrogens with one attached hydrogen (secondary N) is 2. The van der Waals surface area contributed by atoms with E-state index in [1.54, 1.807) is 42.7 Å². The van der Waals surface area contributed by atoms with Gasteiger partial charge in [0, 0.05) is 34.8 Å². The smallest absolute Gasteiger partial charge is 0.194 e. The Morgan fingerprint density at radius 3 is 2.84 bits per heavy atom. The number of ketones is 1. The summed E-state index contributed by atoms with van der Waals surface area (Å²) >= 11 is 5.96. The van der Waals surface area contributed by atoms with E-state index in [1.807, 2.05) is 0 Å². The molecule has 0 saturated heterocycles. The van der Waals surface area contributed by atoms with Crippen molar-refractivity contribution in [2.75, 3.05) is 5.73 Å². The Morgan fingerprint density at radius 2 is 2.05 bits per heavy atom. The molecule has 0 amide bonds. The molecule has 0 aromatic heterocycles. The van der Waals surface area contributed by atoms with Crippen LogP contribution in [0, 0.1) is 0 Å². The number of hydrogen-bond acceptors (Lipinski definition) is 4. The molecule has 0 aliphatic carbocycles. The average molecular weight is 274 g/mol. The van der Waals surface area contributed by atoms with E-state index in [-0.39, 0.29) is 11.9 Å². The number of rotatable bonds is 2. The third-order valence-electron chi connectivity index (χ3n) is 3.09. The van der Waals surface area contributed by atoms with Crippen LogP contribution in [0.4, 0.5) is 5.69 Å². The van der Waals surface area contributed by atoms with E-state index in [1.165, 1.54) is 0 Å². The lowest BCUT2D eigenvalue weighted by Gasteiger charge is -2.19. The number of nitrogen functional groups attached to an aromatic ring is 1. The van der Waals surface area contributed by atoms with Crippen LogP contribution >= 0.6 is 11.6 Å². The predicted octanol–water partition coefficient (Wildman–Crippen LogP) is 1.87. The molecule has 1 atom stereocenters. The van der Waals surface area contributed by atoms with Crippen molar-refractivity contribution in [1.29, 1.82) is 0 Å². The number of hydrogen-bond donors (Lipinski definition) is 3. The van der Waals surface area contributed by atoms with Gasteiger partial charge in [-0.05, 0) is 18.2 Å². The Kier molecular flexibility index (Phi) is 2.80. The highest BCUT2D eigenvalue weighted by atomic mass is 35.5. The first-order valence-electron chi connectivity index (χ1n) is 5.85. The van der Waals surface area contributed by atoms with Crippen molar-refractivity contribution >= 4 is 23.1 Å². The summed E-state index contributed by atoms with van der Waals surface area (Å²) in [6.45, 7) is 0. The maximum absolute atomic E-state index is 12.5. The normalized spacial score (nSPS) is 20.5. The van der Waals surface area contributed by atoms with E-state index in [9.17, 15) is 4.79 Å². The molecular formula is C14H12ClN3O. The maximum atomic E-state index is 12.5. The van der Waals surface area contributed by atoms with E-state index < -0.39 is 0 Å². The fraction of sp³-hybridized carbons (Fsp3) is 0.0714. The van der Waals surface area contributed by atoms with Crippen molar-refractivity contribution in [2.24, 2.45) is 0 Å². The average Bonchev–Trinajstić information content (AvgIpc) is 2.80. The van der Waals surface area contributed by atoms with Gasteiger partial charge >= 0.3 is 0 Å². The fourth-order valence-electron chi connectivity index (χ4n) is 2.18. The van der Waals surface area contributed by atoms with Gasteiger partial charge in [0.25, 0.3) is 0 Å². The van der Waals surface area contributed by atoms with Crippen LogP contribution in [0.15, 0.2) is 58.9 Å². The van der Waals surface area contributed by atoms with E-state index in [2.05, 4.69) is 10.6 Å². The molecule has 3 rings (SSSR count). The monoisotopic (exact) mass is 273 g/mol. The van der Waals surface area contributed by atoms with Crippen LogP contribution in [0.1, 0.15) is 10.4 Å². The molecule has 1 aromatic carbocycles. The first kappa shape index (κ1) is 11.9. The van der Waals surface area contributed by atoms with Gasteiger partial charge in [-0.15, -0.1) is 0 Å². The zero-order chi connectivity index (χ0) is 13.4. The Hall–Kier alpha value is -2.20. The van der Waals surface area contributed by atoms with Crippen LogP contribution < -0.4 is 16.4 Å². The van der Waals surface area contributed by atoms with Crippen LogP contribution in [0.5, 0.6) is 0 Å². The van der Waals surface area contributed by atoms with E-state index in [0.717, 1.165) is 5.57 Å². The van der Waals surface area contributed by atoms with Gasteiger partial charge in [0.1, 0.15) is 6.17 Å². The molecule has 4 nitrogen and oxygen atoms in total. The van der Waals surface area contributed by atoms with Gasteiger partial charge in [0.05, 0.1) is 5.03 Å². The number of fused-ring (bicyclic) bond motifs is 1. The van der Waals surface area contributed by atoms with Gasteiger partial charge in [-0.1, -0.05) is 23.7 Å². The third kappa shape index (κ3) is 2.11. The molecule has 2 heterocycles. The summed E-state index contributed by atoms with van der Waals surface area (Å²) in [5, 5.41) is 6.74. The number of benzene rings is 1. The molecule has 0 bridgehead atoms. The highest BCUT2D eigenvalue weighted by molar-refractivity contribution is 6.31. The summed E-state index contributed by atoms with van der Waals surface area (Å²) in [5.74, 6) is -0.0679. The quantitative estimate of drug-likeness (QED) is 0.568. The Labute approximate surface area is 115 Å². The van der Waals surface area contributed by atoms with Gasteiger partial charge in [-0.2, -0.15) is 0 Å². The topological polar surface area (TPSA) is 67.2 Å². The largest absolute Gasteiger partial charge is 0.399 e. The highest BCUT2D eigenvalue weighted by Gasteiger charge is 2.29. The number of Topliss-reactive ketones (excluding diaryl/α,β-unsaturated/α-hetero) is 1. The Bertz CT molecular complexity index is 646. The lowest BCUT2D eigenvalue weighted by atomic mass is 9.96. The first-order chi connectivity index (χ1) is 9.15. The molecule has 0 fully saturated rings. The van der Waals surface area contributed by atoms with Crippen molar-refractivity contribution < 1.29 is 4.79 Å². The van der Waals surface area contributed by atoms with Gasteiger partial charge in [0.2, 0.25) is 0 Å². The van der Waals surface area contributed by atoms with E-state index in [4.69, 9.17) is 17.3 Å². The number of allylic oxidation sites excluding steroid dienone is 2. The molecule has 96 valence electrons. The molecule has 1 aromatic rings. The molecule has 1 unspecified atom stereocenters. The van der Waals surface area contributed by atoms with Crippen LogP contribution in [0.2, 0.25) is 0 Å². The van der Waals surface area contributed by atoms with Crippen LogP contribution in [0.25, 0.3) is 0 Å². The summed E-state index contributed by atoms with van der Waals surface area (Å²) < 4.78 is 0. The number of anilines is 1. The van der Waals surface area contributed by atoms with Crippen molar-refractivity contribution in [3.8, 4) is 0 Å². The molecule has 2 aliphatic heterocycles. The second-order valence-electron chi connectivity index (χ2n) is 4.41. The van der Waals surface area contributed by atoms with Gasteiger partial charge in [-0.25, -0.2) is 0 Å². The zero-order valence-corrected chi connectivity index (χ0v) is 10.7. The van der Waals surface area contributed by atoms with Crippen molar-refractivity contribution in [2.45, 2.75) is 6.17 Å². The van der Waals surface area contributed by atoms with Crippen LogP contribution in [-0.4, -0.2) is 11.9 Å². The molecule has 5 heteroatoms. The summed E-state index contributed by atoms with van der Waals surface area (Å²) in [4.78, 5) is 12.5. The van der Waals surface area contributed by atoms with Gasteiger partial charge in [0.15, 0.2) is 5.78 Å². The van der Waals surface area contributed by atoms with Crippen molar-refractivity contribution in [3.63, 3.8) is 0 Å². The molecule has 0 spiro atoms. The number of carbonyl (C=O) groups is 1. The highest BCUT2D eigenvalue weighted by Crippen LogP contribution is 2.27. The van der Waals surface area contributed by atoms with E-state index in [0.29, 0.717) is 21.9 Å². The Morgan fingerprint density at radius 1 is 1.26 bits per heavy atom. The number of halogens is 1. The minimum absolute atomic E-state index is 0.0679. The molecule has 2 aliphatic rings. The lowest BCUT2D eigenvalue weighted by Crippen LogP contribution is -2.36. The summed E-state index contributed by atoms with van der Waals surface area (Å²) in [7, 11) is 0. The minimum atomic E-state index is -0.0949.